The fourth-order valence-corrected chi connectivity index (χ4v) is 0. The second kappa shape index (κ2) is 3.20. The topological polar surface area (TPSA) is 100 Å². The van der Waals surface area contributed by atoms with E-state index in [1.807, 2.05) is 0 Å². The second-order valence-corrected chi connectivity index (χ2v) is 2.16. The van der Waals surface area contributed by atoms with Gasteiger partial charge in [-0.3, -0.25) is 0 Å². The van der Waals surface area contributed by atoms with Crippen LogP contribution in [0, 0.1) is 0 Å². The van der Waals surface area contributed by atoms with Crippen LogP contribution in [0.4, 0.5) is 4.79 Å². The van der Waals surface area contributed by atoms with Crippen molar-refractivity contribution in [1.82, 2.24) is 0 Å². The molecular formula is CHNiO5P. The van der Waals surface area contributed by atoms with Crippen molar-refractivity contribution >= 4 is 13.3 Å². The molecule has 0 saturated heterocycles. The van der Waals surface area contributed by atoms with Gasteiger partial charge in [0.05, 0.1) is 0 Å². The standard InChI is InChI=1S/CH3O5P.Ni/c2-1(3)7(4,5)6;/h(H,2,3)(H2,4,5,6);/q;+2/p-2. The van der Waals surface area contributed by atoms with E-state index in [4.69, 9.17) is 9.90 Å². The third kappa shape index (κ3) is 4.28. The van der Waals surface area contributed by atoms with Gasteiger partial charge >= 0.3 is 22.2 Å². The summed E-state index contributed by atoms with van der Waals surface area (Å²) in [7, 11) is -5.32. The van der Waals surface area contributed by atoms with Crippen LogP contribution in [-0.4, -0.2) is 10.8 Å². The van der Waals surface area contributed by atoms with Gasteiger partial charge in [0.25, 0.3) is 0 Å². The molecule has 0 spiro atoms. The molecule has 0 aromatic rings. The van der Waals surface area contributed by atoms with E-state index in [9.17, 15) is 14.4 Å². The van der Waals surface area contributed by atoms with E-state index in [0.717, 1.165) is 0 Å². The van der Waals surface area contributed by atoms with Crippen LogP contribution in [0.2, 0.25) is 0 Å². The number of rotatable bonds is 1. The van der Waals surface area contributed by atoms with Gasteiger partial charge in [-0.25, -0.2) is 4.79 Å². The first kappa shape index (κ1) is 11.0. The van der Waals surface area contributed by atoms with E-state index in [2.05, 4.69) is 0 Å². The van der Waals surface area contributed by atoms with Crippen molar-refractivity contribution in [1.29, 1.82) is 0 Å². The normalized spacial score (nSPS) is 9.75. The van der Waals surface area contributed by atoms with Crippen molar-refractivity contribution in [2.45, 2.75) is 0 Å². The van der Waals surface area contributed by atoms with E-state index >= 15 is 0 Å². The van der Waals surface area contributed by atoms with E-state index in [1.165, 1.54) is 0 Å². The van der Waals surface area contributed by atoms with Crippen LogP contribution in [0.3, 0.4) is 0 Å². The molecule has 0 bridgehead atoms. The van der Waals surface area contributed by atoms with Crippen LogP contribution in [0.15, 0.2) is 0 Å². The fourth-order valence-electron chi connectivity index (χ4n) is 0. The molecule has 0 rings (SSSR count). The quantitative estimate of drug-likeness (QED) is 0.396. The first-order chi connectivity index (χ1) is 2.94. The zero-order valence-electron chi connectivity index (χ0n) is 3.34. The van der Waals surface area contributed by atoms with Gasteiger partial charge in [-0.05, 0) is 0 Å². The van der Waals surface area contributed by atoms with Crippen LogP contribution in [0.5, 0.6) is 0 Å². The molecule has 0 radical (unpaired) electrons. The summed E-state index contributed by atoms with van der Waals surface area (Å²) in [6, 6.07) is 0. The van der Waals surface area contributed by atoms with Crippen LogP contribution in [-0.2, 0) is 21.1 Å². The van der Waals surface area contributed by atoms with Crippen molar-refractivity contribution in [3.63, 3.8) is 0 Å². The predicted octanol–water partition coefficient (Wildman–Crippen LogP) is -1.42. The number of carbonyl (C=O) groups is 1. The van der Waals surface area contributed by atoms with Crippen LogP contribution in [0.25, 0.3) is 0 Å². The molecule has 50 valence electrons. The Bertz CT molecular complexity index is 124. The van der Waals surface area contributed by atoms with E-state index in [1.54, 1.807) is 0 Å². The monoisotopic (exact) mass is 182 g/mol. The molecule has 0 aromatic heterocycles. The smallest absolute Gasteiger partial charge is 0.803 e. The van der Waals surface area contributed by atoms with Crippen molar-refractivity contribution in [3.8, 4) is 0 Å². The molecule has 1 N–H and O–H groups in total. The summed E-state index contributed by atoms with van der Waals surface area (Å²) in [4.78, 5) is 27.5. The van der Waals surface area contributed by atoms with Gasteiger partial charge in [-0.2, -0.15) is 0 Å². The molecule has 0 unspecified atom stereocenters. The van der Waals surface area contributed by atoms with Gasteiger partial charge in [-0.15, -0.1) is 0 Å². The molecule has 5 nitrogen and oxygen atoms in total. The van der Waals surface area contributed by atoms with Crippen LogP contribution >= 0.6 is 7.60 Å². The van der Waals surface area contributed by atoms with Crippen molar-refractivity contribution in [3.05, 3.63) is 0 Å². The molecule has 0 amide bonds. The Morgan fingerprint density at radius 1 is 1.50 bits per heavy atom. The average molecular weight is 183 g/mol. The minimum atomic E-state index is -5.32. The molecule has 0 atom stereocenters. The second-order valence-electron chi connectivity index (χ2n) is 0.780. The third-order valence-electron chi connectivity index (χ3n) is 0.234. The average Bonchev–Trinajstić information content (AvgIpc) is 1.31. The Kier molecular flexibility index (Phi) is 4.40. The Hall–Kier alpha value is 0.114. The Morgan fingerprint density at radius 2 is 1.62 bits per heavy atom. The summed E-state index contributed by atoms with van der Waals surface area (Å²) in [6.07, 6.45) is 0. The molecule has 0 saturated carbocycles. The van der Waals surface area contributed by atoms with Crippen molar-refractivity contribution in [2.75, 3.05) is 0 Å². The number of hydrogen-bond acceptors (Lipinski definition) is 4. The Balaban J connectivity index is 0. The number of hydrogen-bond donors (Lipinski definition) is 1. The van der Waals surface area contributed by atoms with Crippen molar-refractivity contribution in [2.24, 2.45) is 0 Å². The summed E-state index contributed by atoms with van der Waals surface area (Å²) in [5.74, 6) is 0. The zero-order valence-corrected chi connectivity index (χ0v) is 5.23. The molecule has 0 fully saturated rings. The largest absolute Gasteiger partial charge is 2.00 e. The van der Waals surface area contributed by atoms with Gasteiger partial charge in [0.2, 0.25) is 0 Å². The van der Waals surface area contributed by atoms with Gasteiger partial charge < -0.3 is 19.5 Å². The molecule has 0 aromatic carbocycles. The molecule has 7 heteroatoms. The van der Waals surface area contributed by atoms with Gasteiger partial charge in [0.1, 0.15) is 0 Å². The maximum Gasteiger partial charge on any atom is 2.00 e. The SMILES string of the molecule is O=C(O)P(=O)([O-])[O-].[Ni+2]. The van der Waals surface area contributed by atoms with Crippen LogP contribution in [0.1, 0.15) is 0 Å². The number of carboxylic acid groups (broad SMARTS) is 1. The minimum absolute atomic E-state index is 0. The van der Waals surface area contributed by atoms with E-state index in [-0.39, 0.29) is 16.5 Å². The molecule has 0 aliphatic heterocycles. The molecule has 0 aliphatic carbocycles. The van der Waals surface area contributed by atoms with Crippen LogP contribution < -0.4 is 9.79 Å². The molecule has 0 aliphatic rings. The van der Waals surface area contributed by atoms with Gasteiger partial charge in [-0.1, -0.05) is 0 Å². The maximum atomic E-state index is 9.20. The molecule has 0 heterocycles. The van der Waals surface area contributed by atoms with Crippen molar-refractivity contribution < 1.29 is 40.7 Å². The van der Waals surface area contributed by atoms with E-state index in [0.29, 0.717) is 0 Å². The molecule has 8 heavy (non-hydrogen) atoms. The van der Waals surface area contributed by atoms with Gasteiger partial charge in [0, 0.05) is 7.60 Å². The summed E-state index contributed by atoms with van der Waals surface area (Å²) < 4.78 is 9.20. The van der Waals surface area contributed by atoms with Gasteiger partial charge in [0.15, 0.2) is 0 Å². The summed E-state index contributed by atoms with van der Waals surface area (Å²) in [5, 5.41) is 7.36. The molecular weight excluding hydrogens is 182 g/mol. The Morgan fingerprint density at radius 3 is 1.62 bits per heavy atom. The predicted molar refractivity (Wildman–Crippen MR) is 15.6 cm³/mol. The van der Waals surface area contributed by atoms with E-state index < -0.39 is 13.3 Å². The maximum absolute atomic E-state index is 9.20. The zero-order chi connectivity index (χ0) is 6.08. The summed E-state index contributed by atoms with van der Waals surface area (Å²) in [5.41, 5.74) is -2.31. The Labute approximate surface area is 54.8 Å². The first-order valence-corrected chi connectivity index (χ1v) is 2.74. The third-order valence-corrected chi connectivity index (χ3v) is 0.703. The first-order valence-electron chi connectivity index (χ1n) is 1.20. The fraction of sp³-hybridized carbons (Fsp3) is 0. The minimum Gasteiger partial charge on any atom is -0.803 e. The summed E-state index contributed by atoms with van der Waals surface area (Å²) in [6.45, 7) is 0. The summed E-state index contributed by atoms with van der Waals surface area (Å²) >= 11 is 0.